The minimum Gasteiger partial charge on any atom is -0.350 e. The van der Waals surface area contributed by atoms with Gasteiger partial charge in [0.15, 0.2) is 10.3 Å². The summed E-state index contributed by atoms with van der Waals surface area (Å²) < 4.78 is 0. The van der Waals surface area contributed by atoms with Crippen LogP contribution in [0, 0.1) is 0 Å². The van der Waals surface area contributed by atoms with Crippen molar-refractivity contribution in [1.29, 1.82) is 0 Å². The zero-order valence-corrected chi connectivity index (χ0v) is 9.42. The molecule has 0 atom stereocenters. The van der Waals surface area contributed by atoms with Gasteiger partial charge in [0, 0.05) is 6.07 Å². The minimum atomic E-state index is -0.389. The fraction of sp³-hybridized carbons (Fsp3) is 0.250. The Balaban J connectivity index is 2.32. The number of nitrogens with zero attached hydrogens (tertiary/aromatic N) is 3. The van der Waals surface area contributed by atoms with Crippen LogP contribution in [0.2, 0.25) is 10.3 Å². The van der Waals surface area contributed by atoms with Crippen molar-refractivity contribution in [2.24, 2.45) is 0 Å². The second-order valence-corrected chi connectivity index (χ2v) is 3.92. The van der Waals surface area contributed by atoms with Crippen molar-refractivity contribution in [1.82, 2.24) is 15.5 Å². The summed E-state index contributed by atoms with van der Waals surface area (Å²) in [6.07, 6.45) is 0. The first-order valence-corrected chi connectivity index (χ1v) is 5.08. The zero-order valence-electron chi connectivity index (χ0n) is 7.91. The summed E-state index contributed by atoms with van der Waals surface area (Å²) in [5.74, 6) is -0.777. The number of halogens is 2. The third-order valence-electron chi connectivity index (χ3n) is 1.99. The van der Waals surface area contributed by atoms with Gasteiger partial charge in [0.25, 0.3) is 0 Å². The van der Waals surface area contributed by atoms with E-state index in [4.69, 9.17) is 23.2 Å². The number of imide groups is 1. The summed E-state index contributed by atoms with van der Waals surface area (Å²) in [5.41, 5.74) is 0.421. The molecule has 1 N–H and O–H groups in total. The number of aromatic nitrogens is 2. The van der Waals surface area contributed by atoms with Crippen molar-refractivity contribution in [2.45, 2.75) is 0 Å². The average molecular weight is 261 g/mol. The molecule has 1 aliphatic heterocycles. The van der Waals surface area contributed by atoms with Crippen molar-refractivity contribution >= 4 is 40.7 Å². The molecule has 2 heterocycles. The van der Waals surface area contributed by atoms with Crippen LogP contribution in [0.3, 0.4) is 0 Å². The largest absolute Gasteiger partial charge is 0.350 e. The van der Waals surface area contributed by atoms with Crippen LogP contribution < -0.4 is 10.2 Å². The predicted molar refractivity (Wildman–Crippen MR) is 57.4 cm³/mol. The molecule has 84 valence electrons. The highest BCUT2D eigenvalue weighted by Crippen LogP contribution is 2.25. The summed E-state index contributed by atoms with van der Waals surface area (Å²) in [5, 5.41) is 9.58. The minimum absolute atomic E-state index is 0.0352. The maximum atomic E-state index is 11.2. The maximum absolute atomic E-state index is 11.2. The van der Waals surface area contributed by atoms with Gasteiger partial charge in [0.05, 0.1) is 18.8 Å². The Labute approximate surface area is 101 Å². The summed E-state index contributed by atoms with van der Waals surface area (Å²) in [7, 11) is 0. The third-order valence-corrected chi connectivity index (χ3v) is 2.44. The lowest BCUT2D eigenvalue weighted by Crippen LogP contribution is -2.51. The topological polar surface area (TPSA) is 75.2 Å². The van der Waals surface area contributed by atoms with E-state index in [1.165, 1.54) is 11.0 Å². The molecular weight excluding hydrogens is 255 g/mol. The van der Waals surface area contributed by atoms with E-state index in [9.17, 15) is 9.59 Å². The molecular formula is C8H6Cl2N4O2. The van der Waals surface area contributed by atoms with Crippen LogP contribution in [-0.2, 0) is 9.59 Å². The molecule has 2 amide bonds. The van der Waals surface area contributed by atoms with Gasteiger partial charge >= 0.3 is 0 Å². The van der Waals surface area contributed by atoms with Gasteiger partial charge in [-0.2, -0.15) is 0 Å². The van der Waals surface area contributed by atoms with E-state index >= 15 is 0 Å². The highest BCUT2D eigenvalue weighted by molar-refractivity contribution is 6.33. The van der Waals surface area contributed by atoms with Crippen LogP contribution in [0.5, 0.6) is 0 Å². The molecule has 6 nitrogen and oxygen atoms in total. The molecule has 2 rings (SSSR count). The average Bonchev–Trinajstić information content (AvgIpc) is 2.20. The summed E-state index contributed by atoms with van der Waals surface area (Å²) in [6.45, 7) is 0.0704. The Morgan fingerprint density at radius 2 is 1.81 bits per heavy atom. The van der Waals surface area contributed by atoms with Gasteiger partial charge in [-0.05, 0) is 0 Å². The third kappa shape index (κ3) is 2.23. The Kier molecular flexibility index (Phi) is 2.93. The lowest BCUT2D eigenvalue weighted by Gasteiger charge is -2.27. The van der Waals surface area contributed by atoms with E-state index in [0.29, 0.717) is 5.69 Å². The van der Waals surface area contributed by atoms with Gasteiger partial charge in [-0.3, -0.25) is 14.9 Å². The molecule has 0 radical (unpaired) electrons. The molecule has 1 saturated heterocycles. The summed E-state index contributed by atoms with van der Waals surface area (Å²) in [4.78, 5) is 23.8. The fourth-order valence-electron chi connectivity index (χ4n) is 1.37. The van der Waals surface area contributed by atoms with Crippen LogP contribution >= 0.6 is 23.2 Å². The van der Waals surface area contributed by atoms with E-state index < -0.39 is 0 Å². The second kappa shape index (κ2) is 4.23. The summed E-state index contributed by atoms with van der Waals surface area (Å²) in [6, 6.07) is 1.46. The highest BCUT2D eigenvalue weighted by Gasteiger charge is 2.24. The predicted octanol–water partition coefficient (Wildman–Crippen LogP) is 0.246. The number of hydrogen-bond donors (Lipinski definition) is 1. The molecule has 1 aromatic heterocycles. The van der Waals surface area contributed by atoms with Crippen molar-refractivity contribution < 1.29 is 9.59 Å². The Morgan fingerprint density at radius 1 is 1.19 bits per heavy atom. The number of piperazine rings is 1. The van der Waals surface area contributed by atoms with Crippen LogP contribution in [0.4, 0.5) is 5.69 Å². The maximum Gasteiger partial charge on any atom is 0.246 e. The van der Waals surface area contributed by atoms with Crippen LogP contribution in [0.1, 0.15) is 0 Å². The zero-order chi connectivity index (χ0) is 11.7. The molecule has 0 bridgehead atoms. The van der Waals surface area contributed by atoms with Crippen LogP contribution in [0.15, 0.2) is 6.07 Å². The lowest BCUT2D eigenvalue weighted by atomic mass is 10.3. The molecule has 8 heteroatoms. The number of carbonyl (C=O) groups is 2. The highest BCUT2D eigenvalue weighted by atomic mass is 35.5. The number of anilines is 1. The molecule has 0 unspecified atom stereocenters. The molecule has 0 spiro atoms. The first-order chi connectivity index (χ1) is 7.56. The molecule has 0 aromatic carbocycles. The number of nitrogens with one attached hydrogen (secondary N) is 1. The van der Waals surface area contributed by atoms with Crippen molar-refractivity contribution in [3.63, 3.8) is 0 Å². The second-order valence-electron chi connectivity index (χ2n) is 3.17. The van der Waals surface area contributed by atoms with Gasteiger partial charge < -0.3 is 4.90 Å². The molecule has 1 fully saturated rings. The first-order valence-electron chi connectivity index (χ1n) is 4.32. The van der Waals surface area contributed by atoms with Gasteiger partial charge in [0.2, 0.25) is 11.8 Å². The van der Waals surface area contributed by atoms with E-state index in [1.807, 2.05) is 0 Å². The van der Waals surface area contributed by atoms with Crippen molar-refractivity contribution in [2.75, 3.05) is 18.0 Å². The fourth-order valence-corrected chi connectivity index (χ4v) is 1.73. The van der Waals surface area contributed by atoms with E-state index in [-0.39, 0.29) is 35.2 Å². The van der Waals surface area contributed by atoms with Gasteiger partial charge in [-0.1, -0.05) is 23.2 Å². The monoisotopic (exact) mass is 260 g/mol. The van der Waals surface area contributed by atoms with Gasteiger partial charge in [-0.15, -0.1) is 10.2 Å². The standard InChI is InChI=1S/C8H6Cl2N4O2/c9-5-1-4(8(10)13-12-5)14-2-6(15)11-7(16)3-14/h1H,2-3H2,(H,11,15,16). The number of rotatable bonds is 1. The van der Waals surface area contributed by atoms with E-state index in [1.54, 1.807) is 0 Å². The van der Waals surface area contributed by atoms with Crippen LogP contribution in [0.25, 0.3) is 0 Å². The van der Waals surface area contributed by atoms with Crippen molar-refractivity contribution in [3.05, 3.63) is 16.4 Å². The SMILES string of the molecule is O=C1CN(c2cc(Cl)nnc2Cl)CC(=O)N1. The molecule has 0 saturated carbocycles. The number of carbonyl (C=O) groups excluding carboxylic acids is 2. The van der Waals surface area contributed by atoms with Crippen LogP contribution in [-0.4, -0.2) is 35.1 Å². The lowest BCUT2D eigenvalue weighted by molar-refractivity contribution is -0.130. The summed E-state index contributed by atoms with van der Waals surface area (Å²) >= 11 is 11.5. The quantitative estimate of drug-likeness (QED) is 0.733. The van der Waals surface area contributed by atoms with E-state index in [0.717, 1.165) is 0 Å². The molecule has 1 aromatic rings. The molecule has 16 heavy (non-hydrogen) atoms. The van der Waals surface area contributed by atoms with Gasteiger partial charge in [-0.25, -0.2) is 0 Å². The van der Waals surface area contributed by atoms with Gasteiger partial charge in [0.1, 0.15) is 0 Å². The Bertz CT molecular complexity index is 449. The molecule has 1 aliphatic rings. The van der Waals surface area contributed by atoms with E-state index in [2.05, 4.69) is 15.5 Å². The first kappa shape index (κ1) is 11.1. The molecule has 0 aliphatic carbocycles. The number of amides is 2. The Morgan fingerprint density at radius 3 is 2.44 bits per heavy atom. The Hall–Kier alpha value is -1.40. The smallest absolute Gasteiger partial charge is 0.246 e. The normalized spacial score (nSPS) is 16.2. The number of hydrogen-bond acceptors (Lipinski definition) is 5. The van der Waals surface area contributed by atoms with Crippen molar-refractivity contribution in [3.8, 4) is 0 Å².